The maximum atomic E-state index is 12.8. The molecule has 0 unspecified atom stereocenters. The van der Waals surface area contributed by atoms with Gasteiger partial charge in [-0.05, 0) is 42.7 Å². The highest BCUT2D eigenvalue weighted by Crippen LogP contribution is 2.18. The molecule has 0 aliphatic rings. The van der Waals surface area contributed by atoms with Gasteiger partial charge in [-0.25, -0.2) is 8.42 Å². The van der Waals surface area contributed by atoms with Gasteiger partial charge >= 0.3 is 0 Å². The first-order valence-electron chi connectivity index (χ1n) is 9.29. The molecule has 0 aliphatic carbocycles. The molecule has 5 nitrogen and oxygen atoms in total. The molecule has 0 bridgehead atoms. The number of benzene rings is 2. The first-order chi connectivity index (χ1) is 12.9. The van der Waals surface area contributed by atoms with Gasteiger partial charge in [-0.3, -0.25) is 4.79 Å². The number of hydrogen-bond donors (Lipinski definition) is 0. The largest absolute Gasteiger partial charge is 0.339 e. The van der Waals surface area contributed by atoms with Crippen LogP contribution in [0.1, 0.15) is 42.6 Å². The topological polar surface area (TPSA) is 57.7 Å². The molecule has 6 heteroatoms. The molecule has 0 fully saturated rings. The van der Waals surface area contributed by atoms with Gasteiger partial charge in [0.2, 0.25) is 10.0 Å². The molecular weight excluding hydrogens is 360 g/mol. The van der Waals surface area contributed by atoms with Gasteiger partial charge < -0.3 is 4.90 Å². The second-order valence-electron chi connectivity index (χ2n) is 6.56. The zero-order chi connectivity index (χ0) is 19.9. The van der Waals surface area contributed by atoms with Crippen molar-refractivity contribution in [3.8, 4) is 0 Å². The van der Waals surface area contributed by atoms with E-state index in [4.69, 9.17) is 0 Å². The minimum atomic E-state index is -3.61. The van der Waals surface area contributed by atoms with Gasteiger partial charge in [0.25, 0.3) is 5.91 Å². The summed E-state index contributed by atoms with van der Waals surface area (Å²) < 4.78 is 26.9. The Kier molecular flexibility index (Phi) is 7.56. The summed E-state index contributed by atoms with van der Waals surface area (Å²) in [5.41, 5.74) is 1.44. The van der Waals surface area contributed by atoms with E-state index in [0.717, 1.165) is 18.4 Å². The van der Waals surface area contributed by atoms with Crippen LogP contribution in [0.15, 0.2) is 59.5 Å². The number of hydrogen-bond acceptors (Lipinski definition) is 3. The van der Waals surface area contributed by atoms with Crippen LogP contribution in [-0.4, -0.2) is 43.7 Å². The van der Waals surface area contributed by atoms with Gasteiger partial charge in [0.15, 0.2) is 0 Å². The zero-order valence-electron chi connectivity index (χ0n) is 16.3. The third-order valence-corrected chi connectivity index (χ3v) is 6.15. The van der Waals surface area contributed by atoms with Crippen molar-refractivity contribution in [3.05, 3.63) is 65.7 Å². The van der Waals surface area contributed by atoms with Crippen molar-refractivity contribution in [2.24, 2.45) is 0 Å². The Morgan fingerprint density at radius 2 is 1.44 bits per heavy atom. The van der Waals surface area contributed by atoms with E-state index in [1.807, 2.05) is 49.1 Å². The summed E-state index contributed by atoms with van der Waals surface area (Å²) in [4.78, 5) is 14.6. The van der Waals surface area contributed by atoms with Gasteiger partial charge in [0.1, 0.15) is 0 Å². The molecule has 2 aromatic carbocycles. The third-order valence-electron chi connectivity index (χ3n) is 4.33. The molecule has 0 saturated carbocycles. The fourth-order valence-corrected chi connectivity index (χ4v) is 4.07. The van der Waals surface area contributed by atoms with Gasteiger partial charge in [-0.15, -0.1) is 0 Å². The molecule has 0 atom stereocenters. The van der Waals surface area contributed by atoms with Crippen molar-refractivity contribution in [2.75, 3.05) is 20.1 Å². The van der Waals surface area contributed by atoms with Gasteiger partial charge in [0, 0.05) is 32.2 Å². The molecule has 146 valence electrons. The molecule has 0 N–H and O–H groups in total. The monoisotopic (exact) mass is 388 g/mol. The van der Waals surface area contributed by atoms with E-state index < -0.39 is 10.0 Å². The van der Waals surface area contributed by atoms with Gasteiger partial charge in [-0.2, -0.15) is 4.31 Å². The average molecular weight is 389 g/mol. The SMILES string of the molecule is CCCN(CCC)C(=O)c1ccc(S(=O)(=O)N(C)Cc2ccccc2)cc1. The lowest BCUT2D eigenvalue weighted by Gasteiger charge is -2.22. The second-order valence-corrected chi connectivity index (χ2v) is 8.61. The number of rotatable bonds is 9. The van der Waals surface area contributed by atoms with Gasteiger partial charge in [-0.1, -0.05) is 44.2 Å². The van der Waals surface area contributed by atoms with E-state index in [2.05, 4.69) is 0 Å². The van der Waals surface area contributed by atoms with Crippen LogP contribution < -0.4 is 0 Å². The highest BCUT2D eigenvalue weighted by atomic mass is 32.2. The van der Waals surface area contributed by atoms with Crippen LogP contribution in [0.25, 0.3) is 0 Å². The highest BCUT2D eigenvalue weighted by Gasteiger charge is 2.22. The van der Waals surface area contributed by atoms with Crippen LogP contribution in [0.4, 0.5) is 0 Å². The minimum Gasteiger partial charge on any atom is -0.339 e. The molecule has 0 aliphatic heterocycles. The maximum Gasteiger partial charge on any atom is 0.253 e. The lowest BCUT2D eigenvalue weighted by atomic mass is 10.2. The summed E-state index contributed by atoms with van der Waals surface area (Å²) in [6.45, 7) is 5.77. The van der Waals surface area contributed by atoms with Crippen LogP contribution in [0.5, 0.6) is 0 Å². The van der Waals surface area contributed by atoms with Crippen LogP contribution >= 0.6 is 0 Å². The molecule has 27 heavy (non-hydrogen) atoms. The Labute approximate surface area is 162 Å². The predicted molar refractivity (Wildman–Crippen MR) is 108 cm³/mol. The summed E-state index contributed by atoms with van der Waals surface area (Å²) in [5, 5.41) is 0. The summed E-state index contributed by atoms with van der Waals surface area (Å²) in [7, 11) is -2.05. The average Bonchev–Trinajstić information content (AvgIpc) is 2.68. The summed E-state index contributed by atoms with van der Waals surface area (Å²) in [6, 6.07) is 15.7. The first kappa shape index (κ1) is 21.1. The van der Waals surface area contributed by atoms with Crippen molar-refractivity contribution in [2.45, 2.75) is 38.1 Å². The van der Waals surface area contributed by atoms with Crippen LogP contribution in [0.3, 0.4) is 0 Å². The second kappa shape index (κ2) is 9.67. The van der Waals surface area contributed by atoms with E-state index in [0.29, 0.717) is 25.2 Å². The summed E-state index contributed by atoms with van der Waals surface area (Å²) in [6.07, 6.45) is 1.78. The molecular formula is C21H28N2O3S. The first-order valence-corrected chi connectivity index (χ1v) is 10.7. The minimum absolute atomic E-state index is 0.0553. The zero-order valence-corrected chi connectivity index (χ0v) is 17.1. The number of carbonyl (C=O) groups excluding carboxylic acids is 1. The number of amides is 1. The number of carbonyl (C=O) groups is 1. The fraction of sp³-hybridized carbons (Fsp3) is 0.381. The molecule has 0 saturated heterocycles. The van der Waals surface area contributed by atoms with Crippen molar-refractivity contribution in [3.63, 3.8) is 0 Å². The quantitative estimate of drug-likeness (QED) is 0.657. The fourth-order valence-electron chi connectivity index (χ4n) is 2.91. The van der Waals surface area contributed by atoms with E-state index >= 15 is 0 Å². The van der Waals surface area contributed by atoms with Crippen molar-refractivity contribution in [1.82, 2.24) is 9.21 Å². The van der Waals surface area contributed by atoms with Crippen molar-refractivity contribution < 1.29 is 13.2 Å². The maximum absolute atomic E-state index is 12.8. The van der Waals surface area contributed by atoms with Crippen LogP contribution in [0.2, 0.25) is 0 Å². The molecule has 0 heterocycles. The van der Waals surface area contributed by atoms with Crippen molar-refractivity contribution in [1.29, 1.82) is 0 Å². The van der Waals surface area contributed by atoms with Gasteiger partial charge in [0.05, 0.1) is 4.90 Å². The summed E-state index contributed by atoms with van der Waals surface area (Å²) in [5.74, 6) is -0.0553. The smallest absolute Gasteiger partial charge is 0.253 e. The predicted octanol–water partition coefficient (Wildman–Crippen LogP) is 3.77. The number of nitrogens with zero attached hydrogens (tertiary/aromatic N) is 2. The Morgan fingerprint density at radius 3 is 1.96 bits per heavy atom. The Balaban J connectivity index is 2.16. The normalized spacial score (nSPS) is 11.6. The highest BCUT2D eigenvalue weighted by molar-refractivity contribution is 7.89. The molecule has 2 rings (SSSR count). The Hall–Kier alpha value is -2.18. The molecule has 2 aromatic rings. The molecule has 0 radical (unpaired) electrons. The van der Waals surface area contributed by atoms with E-state index in [1.54, 1.807) is 19.2 Å². The third kappa shape index (κ3) is 5.40. The molecule has 1 amide bonds. The Bertz CT molecular complexity index is 827. The lowest BCUT2D eigenvalue weighted by molar-refractivity contribution is 0.0755. The van der Waals surface area contributed by atoms with E-state index in [-0.39, 0.29) is 10.8 Å². The number of sulfonamides is 1. The van der Waals surface area contributed by atoms with E-state index in [1.165, 1.54) is 16.4 Å². The molecule has 0 spiro atoms. The van der Waals surface area contributed by atoms with E-state index in [9.17, 15) is 13.2 Å². The van der Waals surface area contributed by atoms with Crippen molar-refractivity contribution >= 4 is 15.9 Å². The standard InChI is InChI=1S/C21H28N2O3S/c1-4-15-23(16-5-2)21(24)19-11-13-20(14-12-19)27(25,26)22(3)17-18-9-7-6-8-10-18/h6-14H,4-5,15-17H2,1-3H3. The Morgan fingerprint density at radius 1 is 0.889 bits per heavy atom. The van der Waals surface area contributed by atoms with Crippen LogP contribution in [0, 0.1) is 0 Å². The van der Waals surface area contributed by atoms with Crippen LogP contribution in [-0.2, 0) is 16.6 Å². The molecule has 0 aromatic heterocycles. The lowest BCUT2D eigenvalue weighted by Crippen LogP contribution is -2.32. The summed E-state index contributed by atoms with van der Waals surface area (Å²) >= 11 is 0.